The summed E-state index contributed by atoms with van der Waals surface area (Å²) in [5.74, 6) is 0.240. The van der Waals surface area contributed by atoms with E-state index in [0.717, 1.165) is 51.5 Å². The number of carbonyl (C=O) groups is 2. The summed E-state index contributed by atoms with van der Waals surface area (Å²) in [6, 6.07) is 0.237. The van der Waals surface area contributed by atoms with Crippen LogP contribution in [0.3, 0.4) is 0 Å². The molecule has 0 radical (unpaired) electrons. The number of rotatable bonds is 5. The quantitative estimate of drug-likeness (QED) is 0.795. The molecule has 1 aliphatic carbocycles. The monoisotopic (exact) mass is 379 g/mol. The molecular weight excluding hydrogens is 342 g/mol. The first-order valence-corrected chi connectivity index (χ1v) is 10.7. The number of nitrogens with one attached hydrogen (secondary N) is 1. The molecule has 0 aromatic rings. The zero-order valence-electron chi connectivity index (χ0n) is 17.5. The highest BCUT2D eigenvalue weighted by atomic mass is 16.5. The Balaban J connectivity index is 1.75. The normalized spacial score (nSPS) is 31.8. The summed E-state index contributed by atoms with van der Waals surface area (Å²) in [5.41, 5.74) is 0.366. The third-order valence-corrected chi connectivity index (χ3v) is 6.73. The van der Waals surface area contributed by atoms with Gasteiger partial charge in [0.25, 0.3) is 5.91 Å². The molecule has 0 spiro atoms. The van der Waals surface area contributed by atoms with Gasteiger partial charge in [-0.1, -0.05) is 13.8 Å². The minimum absolute atomic E-state index is 0.0804. The maximum Gasteiger partial charge on any atom is 0.252 e. The van der Waals surface area contributed by atoms with Crippen LogP contribution in [0.15, 0.2) is 0 Å². The first-order chi connectivity index (χ1) is 12.8. The van der Waals surface area contributed by atoms with E-state index in [1.807, 2.05) is 14.0 Å². The van der Waals surface area contributed by atoms with E-state index in [0.29, 0.717) is 18.6 Å². The first kappa shape index (κ1) is 20.6. The summed E-state index contributed by atoms with van der Waals surface area (Å²) in [6.45, 7) is 8.69. The van der Waals surface area contributed by atoms with E-state index in [1.165, 1.54) is 0 Å². The molecule has 6 nitrogen and oxygen atoms in total. The second-order valence-electron chi connectivity index (χ2n) is 9.38. The largest absolute Gasteiger partial charge is 0.368 e. The molecule has 1 unspecified atom stereocenters. The van der Waals surface area contributed by atoms with E-state index in [1.54, 1.807) is 0 Å². The molecule has 0 aromatic heterocycles. The van der Waals surface area contributed by atoms with Crippen LogP contribution in [0.25, 0.3) is 0 Å². The molecule has 0 aromatic carbocycles. The molecule has 27 heavy (non-hydrogen) atoms. The van der Waals surface area contributed by atoms with Crippen molar-refractivity contribution in [3.8, 4) is 0 Å². The van der Waals surface area contributed by atoms with Crippen LogP contribution in [-0.2, 0) is 14.3 Å². The molecule has 2 heterocycles. The van der Waals surface area contributed by atoms with Gasteiger partial charge in [-0.05, 0) is 64.3 Å². The minimum atomic E-state index is -0.284. The Labute approximate surface area is 164 Å². The minimum Gasteiger partial charge on any atom is -0.368 e. The Bertz CT molecular complexity index is 535. The fraction of sp³-hybridized carbons (Fsp3) is 0.905. The van der Waals surface area contributed by atoms with Crippen LogP contribution in [0.5, 0.6) is 0 Å². The number of nitrogens with zero attached hydrogens (tertiary/aromatic N) is 2. The van der Waals surface area contributed by atoms with Crippen LogP contribution in [0.4, 0.5) is 0 Å². The Hall–Kier alpha value is -1.14. The predicted octanol–water partition coefficient (Wildman–Crippen LogP) is 2.17. The number of hydrogen-bond acceptors (Lipinski definition) is 4. The Morgan fingerprint density at radius 1 is 1.19 bits per heavy atom. The zero-order valence-corrected chi connectivity index (χ0v) is 17.5. The predicted molar refractivity (Wildman–Crippen MR) is 105 cm³/mol. The van der Waals surface area contributed by atoms with Crippen LogP contribution in [0.1, 0.15) is 65.7 Å². The summed E-state index contributed by atoms with van der Waals surface area (Å²) in [5, 5.41) is 2.94. The zero-order chi connectivity index (χ0) is 19.6. The van der Waals surface area contributed by atoms with Gasteiger partial charge >= 0.3 is 0 Å². The molecule has 0 bridgehead atoms. The topological polar surface area (TPSA) is 61.9 Å². The lowest BCUT2D eigenvalue weighted by atomic mass is 9.75. The van der Waals surface area contributed by atoms with E-state index in [4.69, 9.17) is 4.74 Å². The van der Waals surface area contributed by atoms with Gasteiger partial charge in [-0.2, -0.15) is 0 Å². The SMILES string of the molecule is CCNC(=O)[C@@H]1C[C@H](N(C(=O)C2CCCO2)C2CCC(C)(C)CC2)CN1C. The lowest BCUT2D eigenvalue weighted by Gasteiger charge is -2.43. The highest BCUT2D eigenvalue weighted by molar-refractivity contribution is 5.84. The number of likely N-dealkylation sites (N-methyl/N-ethyl adjacent to an activating group) is 2. The van der Waals surface area contributed by atoms with Crippen LogP contribution in [-0.4, -0.2) is 72.6 Å². The van der Waals surface area contributed by atoms with Crippen LogP contribution in [0, 0.1) is 5.41 Å². The summed E-state index contributed by atoms with van der Waals surface area (Å²) in [6.07, 6.45) is 6.64. The lowest BCUT2D eigenvalue weighted by Crippen LogP contribution is -2.53. The summed E-state index contributed by atoms with van der Waals surface area (Å²) >= 11 is 0. The molecule has 6 heteroatoms. The van der Waals surface area contributed by atoms with E-state index in [9.17, 15) is 9.59 Å². The van der Waals surface area contributed by atoms with Crippen molar-refractivity contribution in [1.29, 1.82) is 0 Å². The summed E-state index contributed by atoms with van der Waals surface area (Å²) < 4.78 is 5.74. The number of amides is 2. The Morgan fingerprint density at radius 3 is 2.48 bits per heavy atom. The molecule has 3 rings (SSSR count). The van der Waals surface area contributed by atoms with Crippen molar-refractivity contribution >= 4 is 11.8 Å². The molecular formula is C21H37N3O3. The van der Waals surface area contributed by atoms with Gasteiger partial charge in [-0.15, -0.1) is 0 Å². The van der Waals surface area contributed by atoms with Gasteiger partial charge in [-0.3, -0.25) is 14.5 Å². The standard InChI is InChI=1S/C21H37N3O3/c1-5-22-19(25)17-13-16(14-23(17)4)24(20(26)18-7-6-12-27-18)15-8-10-21(2,3)11-9-15/h15-18H,5-14H2,1-4H3,(H,22,25)/t16-,17-,18?/m0/s1. The van der Waals surface area contributed by atoms with E-state index >= 15 is 0 Å². The van der Waals surface area contributed by atoms with E-state index < -0.39 is 0 Å². The molecule has 3 aliphatic rings. The lowest BCUT2D eigenvalue weighted by molar-refractivity contribution is -0.147. The fourth-order valence-corrected chi connectivity index (χ4v) is 5.03. The third-order valence-electron chi connectivity index (χ3n) is 6.73. The van der Waals surface area contributed by atoms with Gasteiger partial charge in [0.2, 0.25) is 5.91 Å². The van der Waals surface area contributed by atoms with Gasteiger partial charge in [0.1, 0.15) is 6.10 Å². The van der Waals surface area contributed by atoms with E-state index in [2.05, 4.69) is 29.0 Å². The van der Waals surface area contributed by atoms with Crippen LogP contribution in [0.2, 0.25) is 0 Å². The molecule has 3 fully saturated rings. The van der Waals surface area contributed by atoms with Gasteiger partial charge < -0.3 is 15.0 Å². The first-order valence-electron chi connectivity index (χ1n) is 10.7. The molecule has 1 N–H and O–H groups in total. The smallest absolute Gasteiger partial charge is 0.252 e. The van der Waals surface area contributed by atoms with Crippen molar-refractivity contribution in [3.63, 3.8) is 0 Å². The highest BCUT2D eigenvalue weighted by Crippen LogP contribution is 2.39. The van der Waals surface area contributed by atoms with Gasteiger partial charge in [-0.25, -0.2) is 0 Å². The molecule has 2 aliphatic heterocycles. The molecule has 1 saturated carbocycles. The van der Waals surface area contributed by atoms with Gasteiger partial charge in [0, 0.05) is 31.8 Å². The molecule has 2 amide bonds. The number of ether oxygens (including phenoxy) is 1. The molecule has 3 atom stereocenters. The summed E-state index contributed by atoms with van der Waals surface area (Å²) in [7, 11) is 2.00. The number of carbonyl (C=O) groups excluding carboxylic acids is 2. The van der Waals surface area contributed by atoms with Crippen LogP contribution >= 0.6 is 0 Å². The number of hydrogen-bond donors (Lipinski definition) is 1. The molecule has 154 valence electrons. The molecule has 2 saturated heterocycles. The van der Waals surface area contributed by atoms with Crippen molar-refractivity contribution in [1.82, 2.24) is 15.1 Å². The van der Waals surface area contributed by atoms with Gasteiger partial charge in [0.05, 0.1) is 6.04 Å². The van der Waals surface area contributed by atoms with Crippen molar-refractivity contribution in [2.75, 3.05) is 26.7 Å². The summed E-state index contributed by atoms with van der Waals surface area (Å²) in [4.78, 5) is 30.1. The fourth-order valence-electron chi connectivity index (χ4n) is 5.03. The second kappa shape index (κ2) is 8.48. The number of likely N-dealkylation sites (tertiary alicyclic amines) is 1. The second-order valence-corrected chi connectivity index (χ2v) is 9.38. The maximum atomic E-state index is 13.4. The average Bonchev–Trinajstić information content (AvgIpc) is 3.26. The van der Waals surface area contributed by atoms with Crippen molar-refractivity contribution in [2.24, 2.45) is 5.41 Å². The highest BCUT2D eigenvalue weighted by Gasteiger charge is 2.44. The Kier molecular flexibility index (Phi) is 6.46. The van der Waals surface area contributed by atoms with Crippen LogP contribution < -0.4 is 5.32 Å². The van der Waals surface area contributed by atoms with Crippen molar-refractivity contribution in [3.05, 3.63) is 0 Å². The van der Waals surface area contributed by atoms with Crippen molar-refractivity contribution < 1.29 is 14.3 Å². The average molecular weight is 380 g/mol. The maximum absolute atomic E-state index is 13.4. The van der Waals surface area contributed by atoms with Crippen molar-refractivity contribution in [2.45, 2.75) is 89.9 Å². The third kappa shape index (κ3) is 4.65. The van der Waals surface area contributed by atoms with Gasteiger partial charge in [0.15, 0.2) is 0 Å². The van der Waals surface area contributed by atoms with E-state index in [-0.39, 0.29) is 36.0 Å². The Morgan fingerprint density at radius 2 is 1.89 bits per heavy atom.